The number of amides is 1. The molecule has 190 valence electrons. The Morgan fingerprint density at radius 3 is 2.64 bits per heavy atom. The Morgan fingerprint density at radius 1 is 1.06 bits per heavy atom. The number of nitrogens with zero attached hydrogens (tertiary/aromatic N) is 4. The molecule has 0 bridgehead atoms. The van der Waals surface area contributed by atoms with E-state index in [2.05, 4.69) is 33.1 Å². The standard InChI is InChI=1S/C26H32N6O4/c1-5-6-7-10-15-36-21-14-13-18(16-22(21)35-4)24-23(17(2)27-26-29-30-31-32(24)26)25(33)28-19-11-8-9-12-20(19)34-3/h8-9,11-14,16,24H,5-7,10,15H2,1-4H3,(H,28,33)(H,27,29,31). The molecule has 1 aromatic heterocycles. The summed E-state index contributed by atoms with van der Waals surface area (Å²) in [6.45, 7) is 4.62. The Morgan fingerprint density at radius 2 is 1.86 bits per heavy atom. The van der Waals surface area contributed by atoms with Gasteiger partial charge in [0.05, 0.1) is 32.1 Å². The second-order valence-corrected chi connectivity index (χ2v) is 8.49. The number of rotatable bonds is 11. The molecule has 0 spiro atoms. The van der Waals surface area contributed by atoms with Crippen LogP contribution in [0.5, 0.6) is 17.2 Å². The van der Waals surface area contributed by atoms with Gasteiger partial charge in [0.15, 0.2) is 11.5 Å². The van der Waals surface area contributed by atoms with Gasteiger partial charge >= 0.3 is 0 Å². The third-order valence-electron chi connectivity index (χ3n) is 6.07. The number of tetrazole rings is 1. The van der Waals surface area contributed by atoms with E-state index < -0.39 is 6.04 Å². The predicted octanol–water partition coefficient (Wildman–Crippen LogP) is 4.58. The van der Waals surface area contributed by atoms with Crippen LogP contribution in [-0.2, 0) is 4.79 Å². The zero-order valence-electron chi connectivity index (χ0n) is 21.1. The van der Waals surface area contributed by atoms with Crippen LogP contribution in [0.25, 0.3) is 0 Å². The highest BCUT2D eigenvalue weighted by Crippen LogP contribution is 2.39. The van der Waals surface area contributed by atoms with Gasteiger partial charge < -0.3 is 24.8 Å². The SMILES string of the molecule is CCCCCCOc1ccc(C2C(C(=O)Nc3ccccc3OC)=C(C)Nc3nnnn32)cc1OC. The van der Waals surface area contributed by atoms with Gasteiger partial charge in [0.1, 0.15) is 11.8 Å². The van der Waals surface area contributed by atoms with Gasteiger partial charge in [0.2, 0.25) is 5.95 Å². The Labute approximate surface area is 210 Å². The number of aromatic nitrogens is 4. The first-order valence-corrected chi connectivity index (χ1v) is 12.1. The lowest BCUT2D eigenvalue weighted by atomic mass is 9.94. The molecule has 1 aliphatic heterocycles. The van der Waals surface area contributed by atoms with Gasteiger partial charge in [-0.05, 0) is 53.6 Å². The van der Waals surface area contributed by atoms with Crippen LogP contribution in [0.4, 0.5) is 11.6 Å². The van der Waals surface area contributed by atoms with Crippen molar-refractivity contribution in [3.63, 3.8) is 0 Å². The molecule has 36 heavy (non-hydrogen) atoms. The molecule has 10 heteroatoms. The lowest BCUT2D eigenvalue weighted by Crippen LogP contribution is -2.31. The Balaban J connectivity index is 1.65. The van der Waals surface area contributed by atoms with E-state index in [-0.39, 0.29) is 5.91 Å². The zero-order valence-corrected chi connectivity index (χ0v) is 21.1. The molecule has 0 saturated carbocycles. The van der Waals surface area contributed by atoms with Crippen molar-refractivity contribution in [2.24, 2.45) is 0 Å². The van der Waals surface area contributed by atoms with Gasteiger partial charge in [-0.2, -0.15) is 4.68 Å². The Bertz CT molecular complexity index is 1240. The average molecular weight is 493 g/mol. The highest BCUT2D eigenvalue weighted by molar-refractivity contribution is 6.06. The fraction of sp³-hybridized carbons (Fsp3) is 0.385. The number of anilines is 2. The lowest BCUT2D eigenvalue weighted by Gasteiger charge is -2.28. The summed E-state index contributed by atoms with van der Waals surface area (Å²) in [5.41, 5.74) is 2.46. The molecule has 0 saturated heterocycles. The van der Waals surface area contributed by atoms with Crippen LogP contribution >= 0.6 is 0 Å². The van der Waals surface area contributed by atoms with Crippen molar-refractivity contribution in [3.05, 3.63) is 59.3 Å². The number of hydrogen-bond donors (Lipinski definition) is 2. The zero-order chi connectivity index (χ0) is 25.5. The molecule has 0 fully saturated rings. The number of fused-ring (bicyclic) bond motifs is 1. The summed E-state index contributed by atoms with van der Waals surface area (Å²) in [6.07, 6.45) is 4.47. The highest BCUT2D eigenvalue weighted by Gasteiger charge is 2.34. The quantitative estimate of drug-likeness (QED) is 0.374. The number of hydrogen-bond acceptors (Lipinski definition) is 8. The summed E-state index contributed by atoms with van der Waals surface area (Å²) in [4.78, 5) is 13.6. The van der Waals surface area contributed by atoms with Crippen molar-refractivity contribution in [1.82, 2.24) is 20.2 Å². The number of benzene rings is 2. The van der Waals surface area contributed by atoms with Gasteiger partial charge in [-0.15, -0.1) is 0 Å². The molecule has 2 heterocycles. The number of allylic oxidation sites excluding steroid dienone is 1. The van der Waals surface area contributed by atoms with E-state index in [1.54, 1.807) is 31.0 Å². The molecular formula is C26H32N6O4. The molecular weight excluding hydrogens is 460 g/mol. The summed E-state index contributed by atoms with van der Waals surface area (Å²) in [5.74, 6) is 1.95. The van der Waals surface area contributed by atoms with Gasteiger partial charge in [-0.1, -0.05) is 49.5 Å². The van der Waals surface area contributed by atoms with Crippen LogP contribution in [0.15, 0.2) is 53.7 Å². The largest absolute Gasteiger partial charge is 0.495 e. The molecule has 1 unspecified atom stereocenters. The first kappa shape index (κ1) is 25.0. The molecule has 1 aliphatic rings. The second-order valence-electron chi connectivity index (χ2n) is 8.49. The lowest BCUT2D eigenvalue weighted by molar-refractivity contribution is -0.113. The van der Waals surface area contributed by atoms with Gasteiger partial charge in [-0.25, -0.2) is 0 Å². The molecule has 10 nitrogen and oxygen atoms in total. The molecule has 3 aromatic rings. The van der Waals surface area contributed by atoms with E-state index >= 15 is 0 Å². The number of para-hydroxylation sites is 2. The molecule has 0 aliphatic carbocycles. The number of carbonyl (C=O) groups is 1. The van der Waals surface area contributed by atoms with Crippen LogP contribution in [-0.4, -0.2) is 46.9 Å². The van der Waals surface area contributed by atoms with Crippen molar-refractivity contribution in [2.45, 2.75) is 45.6 Å². The van der Waals surface area contributed by atoms with E-state index in [9.17, 15) is 4.79 Å². The first-order chi connectivity index (χ1) is 17.6. The Hall–Kier alpha value is -4.08. The summed E-state index contributed by atoms with van der Waals surface area (Å²) < 4.78 is 18.6. The van der Waals surface area contributed by atoms with Gasteiger partial charge in [0.25, 0.3) is 5.91 Å². The van der Waals surface area contributed by atoms with Gasteiger partial charge in [-0.3, -0.25) is 4.79 Å². The topological polar surface area (TPSA) is 112 Å². The maximum absolute atomic E-state index is 13.6. The second kappa shape index (κ2) is 11.6. The minimum atomic E-state index is -0.585. The normalized spacial score (nSPS) is 14.6. The smallest absolute Gasteiger partial charge is 0.255 e. The Kier molecular flexibility index (Phi) is 8.04. The minimum Gasteiger partial charge on any atom is -0.495 e. The van der Waals surface area contributed by atoms with Crippen molar-refractivity contribution in [1.29, 1.82) is 0 Å². The maximum atomic E-state index is 13.6. The van der Waals surface area contributed by atoms with Crippen LogP contribution in [0.1, 0.15) is 51.1 Å². The number of carbonyl (C=O) groups excluding carboxylic acids is 1. The summed E-state index contributed by atoms with van der Waals surface area (Å²) >= 11 is 0. The van der Waals surface area contributed by atoms with Crippen LogP contribution in [0.2, 0.25) is 0 Å². The molecule has 0 radical (unpaired) electrons. The molecule has 4 rings (SSSR count). The van der Waals surface area contributed by atoms with E-state index in [4.69, 9.17) is 14.2 Å². The number of unbranched alkanes of at least 4 members (excludes halogenated alkanes) is 3. The molecule has 1 atom stereocenters. The van der Waals surface area contributed by atoms with E-state index in [0.29, 0.717) is 46.8 Å². The monoisotopic (exact) mass is 492 g/mol. The molecule has 1 amide bonds. The van der Waals surface area contributed by atoms with Crippen molar-refractivity contribution >= 4 is 17.5 Å². The third kappa shape index (κ3) is 5.27. The third-order valence-corrected chi connectivity index (χ3v) is 6.07. The summed E-state index contributed by atoms with van der Waals surface area (Å²) in [5, 5.41) is 18.1. The van der Waals surface area contributed by atoms with Crippen LogP contribution < -0.4 is 24.8 Å². The highest BCUT2D eigenvalue weighted by atomic mass is 16.5. The van der Waals surface area contributed by atoms with E-state index in [1.165, 1.54) is 12.8 Å². The molecule has 2 N–H and O–H groups in total. The summed E-state index contributed by atoms with van der Waals surface area (Å²) in [7, 11) is 3.16. The first-order valence-electron chi connectivity index (χ1n) is 12.1. The molecule has 2 aromatic carbocycles. The van der Waals surface area contributed by atoms with Crippen molar-refractivity contribution < 1.29 is 19.0 Å². The number of ether oxygens (including phenoxy) is 3. The van der Waals surface area contributed by atoms with Crippen molar-refractivity contribution in [2.75, 3.05) is 31.5 Å². The predicted molar refractivity (Wildman–Crippen MR) is 137 cm³/mol. The van der Waals surface area contributed by atoms with E-state index in [1.807, 2.05) is 37.3 Å². The van der Waals surface area contributed by atoms with Crippen LogP contribution in [0, 0.1) is 0 Å². The number of nitrogens with one attached hydrogen (secondary N) is 2. The van der Waals surface area contributed by atoms with Crippen LogP contribution in [0.3, 0.4) is 0 Å². The fourth-order valence-corrected chi connectivity index (χ4v) is 4.24. The van der Waals surface area contributed by atoms with E-state index in [0.717, 1.165) is 18.4 Å². The summed E-state index contributed by atoms with van der Waals surface area (Å²) in [6, 6.07) is 12.3. The number of methoxy groups -OCH3 is 2. The maximum Gasteiger partial charge on any atom is 0.255 e. The fourth-order valence-electron chi connectivity index (χ4n) is 4.24. The van der Waals surface area contributed by atoms with Gasteiger partial charge in [0, 0.05) is 5.70 Å². The minimum absolute atomic E-state index is 0.300. The van der Waals surface area contributed by atoms with Crippen molar-refractivity contribution in [3.8, 4) is 17.2 Å². The average Bonchev–Trinajstić information content (AvgIpc) is 3.36.